The first-order valence-corrected chi connectivity index (χ1v) is 9.39. The maximum Gasteiger partial charge on any atom is 0.228 e. The van der Waals surface area contributed by atoms with E-state index in [4.69, 9.17) is 9.47 Å². The summed E-state index contributed by atoms with van der Waals surface area (Å²) in [5.74, 6) is 0.415. The van der Waals surface area contributed by atoms with Crippen LogP contribution in [-0.4, -0.2) is 48.8 Å². The van der Waals surface area contributed by atoms with Crippen LogP contribution in [0.2, 0.25) is 0 Å². The van der Waals surface area contributed by atoms with Gasteiger partial charge in [-0.3, -0.25) is 4.79 Å². The first-order valence-electron chi connectivity index (χ1n) is 9.39. The Balaban J connectivity index is 1.17. The highest BCUT2D eigenvalue weighted by atomic mass is 16.5. The Morgan fingerprint density at radius 2 is 2.08 bits per heavy atom. The lowest BCUT2D eigenvalue weighted by Crippen LogP contribution is -2.39. The van der Waals surface area contributed by atoms with Gasteiger partial charge in [0.15, 0.2) is 0 Å². The van der Waals surface area contributed by atoms with E-state index in [0.717, 1.165) is 58.2 Å². The predicted octanol–water partition coefficient (Wildman–Crippen LogP) is 2.80. The van der Waals surface area contributed by atoms with E-state index in [1.165, 1.54) is 5.56 Å². The summed E-state index contributed by atoms with van der Waals surface area (Å²) in [6, 6.07) is 10.5. The Kier molecular flexibility index (Phi) is 4.86. The fourth-order valence-electron chi connectivity index (χ4n) is 4.37. The van der Waals surface area contributed by atoms with Gasteiger partial charge in [-0.2, -0.15) is 0 Å². The van der Waals surface area contributed by atoms with Crippen LogP contribution in [0.5, 0.6) is 0 Å². The van der Waals surface area contributed by atoms with Crippen molar-refractivity contribution in [1.82, 2.24) is 4.90 Å². The number of carbonyl (C=O) groups excluding carboxylic acids is 1. The molecule has 3 aliphatic heterocycles. The Labute approximate surface area is 144 Å². The van der Waals surface area contributed by atoms with Gasteiger partial charge in [0.2, 0.25) is 5.91 Å². The summed E-state index contributed by atoms with van der Waals surface area (Å²) in [4.78, 5) is 14.7. The molecule has 2 bridgehead atoms. The summed E-state index contributed by atoms with van der Waals surface area (Å²) in [7, 11) is 0. The van der Waals surface area contributed by atoms with Crippen molar-refractivity contribution in [1.29, 1.82) is 0 Å². The molecule has 3 heterocycles. The molecular formula is C20H27NO3. The Morgan fingerprint density at radius 3 is 2.83 bits per heavy atom. The van der Waals surface area contributed by atoms with Crippen molar-refractivity contribution in [3.63, 3.8) is 0 Å². The number of benzene rings is 1. The molecule has 4 heteroatoms. The van der Waals surface area contributed by atoms with Crippen molar-refractivity contribution in [2.24, 2.45) is 5.92 Å². The Bertz CT molecular complexity index is 561. The smallest absolute Gasteiger partial charge is 0.228 e. The van der Waals surface area contributed by atoms with Crippen LogP contribution in [0.1, 0.15) is 37.7 Å². The van der Waals surface area contributed by atoms with Gasteiger partial charge in [-0.05, 0) is 44.1 Å². The highest BCUT2D eigenvalue weighted by Crippen LogP contribution is 2.40. The first-order chi connectivity index (χ1) is 11.8. The van der Waals surface area contributed by atoms with Crippen LogP contribution in [-0.2, 0) is 20.7 Å². The normalized spacial score (nSPS) is 31.8. The second-order valence-electron chi connectivity index (χ2n) is 7.37. The molecule has 0 radical (unpaired) electrons. The summed E-state index contributed by atoms with van der Waals surface area (Å²) in [5, 5.41) is 0. The molecule has 1 amide bonds. The second-order valence-corrected chi connectivity index (χ2v) is 7.37. The van der Waals surface area contributed by atoms with Crippen molar-refractivity contribution in [3.8, 4) is 0 Å². The number of amides is 1. The van der Waals surface area contributed by atoms with E-state index < -0.39 is 0 Å². The first kappa shape index (κ1) is 16.1. The molecule has 0 unspecified atom stereocenters. The zero-order valence-electron chi connectivity index (χ0n) is 14.2. The average Bonchev–Trinajstić information content (AvgIpc) is 3.35. The number of hydrogen-bond acceptors (Lipinski definition) is 3. The SMILES string of the molecule is O=C([C@H]1C[C@H]2CC[C@H]1O2)N1CC[C@H](OCCCc2ccccc2)C1. The minimum absolute atomic E-state index is 0.112. The van der Waals surface area contributed by atoms with E-state index in [0.29, 0.717) is 12.0 Å². The molecule has 4 rings (SSSR count). The van der Waals surface area contributed by atoms with Gasteiger partial charge in [-0.15, -0.1) is 0 Å². The molecule has 1 aromatic carbocycles. The van der Waals surface area contributed by atoms with E-state index in [9.17, 15) is 4.79 Å². The van der Waals surface area contributed by atoms with Gasteiger partial charge >= 0.3 is 0 Å². The summed E-state index contributed by atoms with van der Waals surface area (Å²) < 4.78 is 11.8. The van der Waals surface area contributed by atoms with Crippen LogP contribution in [0.4, 0.5) is 0 Å². The van der Waals surface area contributed by atoms with Crippen molar-refractivity contribution >= 4 is 5.91 Å². The highest BCUT2D eigenvalue weighted by Gasteiger charge is 2.46. The number of aryl methyl sites for hydroxylation is 1. The fourth-order valence-corrected chi connectivity index (χ4v) is 4.37. The number of carbonyl (C=O) groups is 1. The zero-order chi connectivity index (χ0) is 16.4. The van der Waals surface area contributed by atoms with Gasteiger partial charge in [-0.1, -0.05) is 30.3 Å². The number of hydrogen-bond donors (Lipinski definition) is 0. The molecule has 4 nitrogen and oxygen atoms in total. The molecule has 130 valence electrons. The lowest BCUT2D eigenvalue weighted by molar-refractivity contribution is -0.136. The van der Waals surface area contributed by atoms with Crippen molar-refractivity contribution < 1.29 is 14.3 Å². The minimum atomic E-state index is 0.112. The summed E-state index contributed by atoms with van der Waals surface area (Å²) in [5.41, 5.74) is 1.36. The van der Waals surface area contributed by atoms with Gasteiger partial charge < -0.3 is 14.4 Å². The Hall–Kier alpha value is -1.39. The molecule has 3 saturated heterocycles. The molecule has 4 atom stereocenters. The Morgan fingerprint density at radius 1 is 1.21 bits per heavy atom. The minimum Gasteiger partial charge on any atom is -0.376 e. The third kappa shape index (κ3) is 3.50. The van der Waals surface area contributed by atoms with Crippen LogP contribution in [0.25, 0.3) is 0 Å². The van der Waals surface area contributed by atoms with Gasteiger partial charge in [0.05, 0.1) is 24.2 Å². The maximum absolute atomic E-state index is 12.7. The van der Waals surface area contributed by atoms with Crippen molar-refractivity contribution in [2.45, 2.75) is 56.8 Å². The van der Waals surface area contributed by atoms with E-state index in [1.807, 2.05) is 11.0 Å². The monoisotopic (exact) mass is 329 g/mol. The molecule has 3 aliphatic rings. The quantitative estimate of drug-likeness (QED) is 0.753. The molecule has 0 saturated carbocycles. The lowest BCUT2D eigenvalue weighted by Gasteiger charge is -2.24. The van der Waals surface area contributed by atoms with Crippen LogP contribution in [0.15, 0.2) is 30.3 Å². The number of fused-ring (bicyclic) bond motifs is 2. The third-order valence-corrected chi connectivity index (χ3v) is 5.69. The topological polar surface area (TPSA) is 38.8 Å². The van der Waals surface area contributed by atoms with Gasteiger partial charge in [-0.25, -0.2) is 0 Å². The lowest BCUT2D eigenvalue weighted by atomic mass is 9.88. The highest BCUT2D eigenvalue weighted by molar-refractivity contribution is 5.80. The predicted molar refractivity (Wildman–Crippen MR) is 91.7 cm³/mol. The van der Waals surface area contributed by atoms with Crippen molar-refractivity contribution in [3.05, 3.63) is 35.9 Å². The number of nitrogens with zero attached hydrogens (tertiary/aromatic N) is 1. The molecule has 0 N–H and O–H groups in total. The molecule has 24 heavy (non-hydrogen) atoms. The maximum atomic E-state index is 12.7. The van der Waals surface area contributed by atoms with E-state index >= 15 is 0 Å². The molecule has 3 fully saturated rings. The second kappa shape index (κ2) is 7.24. The van der Waals surface area contributed by atoms with Crippen LogP contribution in [0.3, 0.4) is 0 Å². The van der Waals surface area contributed by atoms with Gasteiger partial charge in [0.25, 0.3) is 0 Å². The molecule has 0 spiro atoms. The average molecular weight is 329 g/mol. The fraction of sp³-hybridized carbons (Fsp3) is 0.650. The van der Waals surface area contributed by atoms with E-state index in [-0.39, 0.29) is 18.1 Å². The van der Waals surface area contributed by atoms with E-state index in [2.05, 4.69) is 24.3 Å². The summed E-state index contributed by atoms with van der Waals surface area (Å²) in [6.45, 7) is 2.38. The van der Waals surface area contributed by atoms with Gasteiger partial charge in [0, 0.05) is 19.7 Å². The standard InChI is InChI=1S/C20H27NO3/c22-20(18-13-16-8-9-19(18)24-16)21-11-10-17(14-21)23-12-4-7-15-5-2-1-3-6-15/h1-3,5-6,16-19H,4,7-14H2/t16-,17+,18+,19-/m1/s1. The van der Waals surface area contributed by atoms with Crippen LogP contribution < -0.4 is 0 Å². The largest absolute Gasteiger partial charge is 0.376 e. The number of likely N-dealkylation sites (tertiary alicyclic amines) is 1. The molecule has 0 aromatic heterocycles. The van der Waals surface area contributed by atoms with Crippen LogP contribution >= 0.6 is 0 Å². The third-order valence-electron chi connectivity index (χ3n) is 5.69. The summed E-state index contributed by atoms with van der Waals surface area (Å²) >= 11 is 0. The molecular weight excluding hydrogens is 302 g/mol. The molecule has 0 aliphatic carbocycles. The van der Waals surface area contributed by atoms with E-state index in [1.54, 1.807) is 0 Å². The number of ether oxygens (including phenoxy) is 2. The summed E-state index contributed by atoms with van der Waals surface area (Å²) in [6.07, 6.45) is 6.94. The molecule has 1 aromatic rings. The van der Waals surface area contributed by atoms with Crippen molar-refractivity contribution in [2.75, 3.05) is 19.7 Å². The van der Waals surface area contributed by atoms with Crippen LogP contribution in [0, 0.1) is 5.92 Å². The number of rotatable bonds is 6. The zero-order valence-corrected chi connectivity index (χ0v) is 14.2. The van der Waals surface area contributed by atoms with Gasteiger partial charge in [0.1, 0.15) is 0 Å².